The molecule has 3 nitrogen and oxygen atoms in total. The zero-order valence-electron chi connectivity index (χ0n) is 16.4. The molecule has 3 aromatic carbocycles. The fraction of sp³-hybridized carbons (Fsp3) is 0.192. The van der Waals surface area contributed by atoms with E-state index in [1.807, 2.05) is 71.6 Å². The number of rotatable bonds is 8. The molecule has 29 heavy (non-hydrogen) atoms. The number of β-lactam (4-membered cyclic amide) rings is 1. The number of ether oxygens (including phenoxy) is 1. The van der Waals surface area contributed by atoms with E-state index in [2.05, 4.69) is 36.4 Å². The Kier molecular flexibility index (Phi) is 6.18. The molecule has 0 spiro atoms. The quantitative estimate of drug-likeness (QED) is 0.414. The van der Waals surface area contributed by atoms with Crippen LogP contribution in [0.5, 0.6) is 0 Å². The van der Waals surface area contributed by atoms with E-state index in [4.69, 9.17) is 4.74 Å². The molecule has 0 radical (unpaired) electrons. The Hall–Kier alpha value is -3.17. The van der Waals surface area contributed by atoms with Crippen molar-refractivity contribution in [1.29, 1.82) is 0 Å². The summed E-state index contributed by atoms with van der Waals surface area (Å²) in [4.78, 5) is 14.7. The largest absolute Gasteiger partial charge is 0.361 e. The van der Waals surface area contributed by atoms with E-state index in [1.165, 1.54) is 5.56 Å². The molecule has 1 aliphatic heterocycles. The van der Waals surface area contributed by atoms with Crippen LogP contribution in [0.1, 0.15) is 16.7 Å². The van der Waals surface area contributed by atoms with Crippen LogP contribution in [0.15, 0.2) is 103 Å². The number of likely N-dealkylation sites (tertiary alicyclic amines) is 1. The first-order valence-electron chi connectivity index (χ1n) is 10.0. The molecule has 0 unspecified atom stereocenters. The Bertz CT molecular complexity index is 938. The van der Waals surface area contributed by atoms with Crippen LogP contribution in [-0.2, 0) is 29.1 Å². The summed E-state index contributed by atoms with van der Waals surface area (Å²) in [6.45, 7) is 1.05. The number of hydrogen-bond acceptors (Lipinski definition) is 2. The van der Waals surface area contributed by atoms with Gasteiger partial charge in [-0.3, -0.25) is 4.79 Å². The number of benzene rings is 3. The van der Waals surface area contributed by atoms with Crippen molar-refractivity contribution in [3.8, 4) is 0 Å². The van der Waals surface area contributed by atoms with Crippen molar-refractivity contribution in [2.45, 2.75) is 31.7 Å². The van der Waals surface area contributed by atoms with Gasteiger partial charge in [0.2, 0.25) is 0 Å². The summed E-state index contributed by atoms with van der Waals surface area (Å²) in [6, 6.07) is 30.4. The van der Waals surface area contributed by atoms with E-state index in [0.717, 1.165) is 17.5 Å². The topological polar surface area (TPSA) is 29.5 Å². The normalized spacial score (nSPS) is 18.8. The van der Waals surface area contributed by atoms with Crippen molar-refractivity contribution in [3.05, 3.63) is 120 Å². The smallest absolute Gasteiger partial charge is 0.255 e. The lowest BCUT2D eigenvalue weighted by Crippen LogP contribution is -2.64. The third-order valence-electron chi connectivity index (χ3n) is 5.19. The van der Waals surface area contributed by atoms with Gasteiger partial charge in [0, 0.05) is 6.54 Å². The molecule has 1 fully saturated rings. The monoisotopic (exact) mass is 383 g/mol. The molecule has 3 aromatic rings. The standard InChI is InChI=1S/C26H25NO2/c28-26-25(29-20-23-15-8-3-9-16-23)24(18-10-17-21-11-4-1-5-12-21)27(26)19-22-13-6-2-7-14-22/h1-16,18,24-25H,17,19-20H2/b18-10+/t24-,25+/m0/s1. The zero-order chi connectivity index (χ0) is 19.9. The van der Waals surface area contributed by atoms with Crippen molar-refractivity contribution < 1.29 is 9.53 Å². The minimum absolute atomic E-state index is 0.0462. The molecule has 2 atom stereocenters. The van der Waals surface area contributed by atoms with Crippen molar-refractivity contribution >= 4 is 5.91 Å². The second-order valence-corrected chi connectivity index (χ2v) is 7.28. The van der Waals surface area contributed by atoms with Crippen molar-refractivity contribution in [1.82, 2.24) is 4.90 Å². The Labute approximate surface area is 172 Å². The predicted octanol–water partition coefficient (Wildman–Crippen LogP) is 4.78. The van der Waals surface area contributed by atoms with Gasteiger partial charge >= 0.3 is 0 Å². The number of amides is 1. The zero-order valence-corrected chi connectivity index (χ0v) is 16.4. The Morgan fingerprint density at radius 2 is 1.31 bits per heavy atom. The van der Waals surface area contributed by atoms with E-state index < -0.39 is 6.10 Å². The predicted molar refractivity (Wildman–Crippen MR) is 115 cm³/mol. The second kappa shape index (κ2) is 9.35. The van der Waals surface area contributed by atoms with Gasteiger partial charge in [-0.2, -0.15) is 0 Å². The lowest BCUT2D eigenvalue weighted by atomic mass is 9.95. The number of allylic oxidation sites excluding steroid dienone is 1. The summed E-state index contributed by atoms with van der Waals surface area (Å²) < 4.78 is 6.02. The molecule has 1 amide bonds. The van der Waals surface area contributed by atoms with E-state index in [0.29, 0.717) is 13.2 Å². The van der Waals surface area contributed by atoms with Crippen LogP contribution in [-0.4, -0.2) is 23.0 Å². The number of carbonyl (C=O) groups excluding carboxylic acids is 1. The highest BCUT2D eigenvalue weighted by Crippen LogP contribution is 2.28. The first kappa shape index (κ1) is 19.2. The van der Waals surface area contributed by atoms with Crippen LogP contribution in [0.4, 0.5) is 0 Å². The summed E-state index contributed by atoms with van der Waals surface area (Å²) in [7, 11) is 0. The lowest BCUT2D eigenvalue weighted by molar-refractivity contribution is -0.172. The van der Waals surface area contributed by atoms with E-state index >= 15 is 0 Å². The van der Waals surface area contributed by atoms with Gasteiger partial charge in [0.05, 0.1) is 12.6 Å². The van der Waals surface area contributed by atoms with Crippen LogP contribution in [0, 0.1) is 0 Å². The van der Waals surface area contributed by atoms with E-state index in [-0.39, 0.29) is 11.9 Å². The Balaban J connectivity index is 1.44. The molecule has 4 rings (SSSR count). The van der Waals surface area contributed by atoms with Crippen molar-refractivity contribution in [2.75, 3.05) is 0 Å². The van der Waals surface area contributed by atoms with Gasteiger partial charge < -0.3 is 9.64 Å². The molecule has 3 heteroatoms. The molecule has 1 heterocycles. The summed E-state index contributed by atoms with van der Waals surface area (Å²) in [5.74, 6) is 0.0548. The number of nitrogens with zero attached hydrogens (tertiary/aromatic N) is 1. The Morgan fingerprint density at radius 1 is 0.759 bits per heavy atom. The molecular formula is C26H25NO2. The fourth-order valence-corrected chi connectivity index (χ4v) is 3.59. The summed E-state index contributed by atoms with van der Waals surface area (Å²) in [5.41, 5.74) is 3.46. The van der Waals surface area contributed by atoms with E-state index in [9.17, 15) is 4.79 Å². The van der Waals surface area contributed by atoms with Crippen LogP contribution in [0.2, 0.25) is 0 Å². The van der Waals surface area contributed by atoms with Crippen molar-refractivity contribution in [3.63, 3.8) is 0 Å². The average Bonchev–Trinajstić information content (AvgIpc) is 2.78. The average molecular weight is 383 g/mol. The van der Waals surface area contributed by atoms with Gasteiger partial charge in [0.1, 0.15) is 0 Å². The minimum Gasteiger partial charge on any atom is -0.361 e. The molecule has 0 bridgehead atoms. The third-order valence-corrected chi connectivity index (χ3v) is 5.19. The maximum absolute atomic E-state index is 12.8. The first-order chi connectivity index (χ1) is 14.3. The molecule has 1 saturated heterocycles. The van der Waals surface area contributed by atoms with Crippen LogP contribution < -0.4 is 0 Å². The second-order valence-electron chi connectivity index (χ2n) is 7.28. The first-order valence-corrected chi connectivity index (χ1v) is 10.0. The summed E-state index contributed by atoms with van der Waals surface area (Å²) in [5, 5.41) is 0. The van der Waals surface area contributed by atoms with Crippen LogP contribution in [0.3, 0.4) is 0 Å². The molecule has 0 aliphatic carbocycles. The molecule has 0 saturated carbocycles. The molecule has 1 aliphatic rings. The Morgan fingerprint density at radius 3 is 1.93 bits per heavy atom. The maximum atomic E-state index is 12.8. The highest BCUT2D eigenvalue weighted by molar-refractivity contribution is 5.89. The highest BCUT2D eigenvalue weighted by Gasteiger charge is 2.46. The lowest BCUT2D eigenvalue weighted by Gasteiger charge is -2.45. The number of hydrogen-bond donors (Lipinski definition) is 0. The van der Waals surface area contributed by atoms with E-state index in [1.54, 1.807) is 0 Å². The van der Waals surface area contributed by atoms with Crippen LogP contribution in [0.25, 0.3) is 0 Å². The van der Waals surface area contributed by atoms with Crippen molar-refractivity contribution in [2.24, 2.45) is 0 Å². The maximum Gasteiger partial charge on any atom is 0.255 e. The molecular weight excluding hydrogens is 358 g/mol. The molecule has 0 aromatic heterocycles. The number of carbonyl (C=O) groups is 1. The summed E-state index contributed by atoms with van der Waals surface area (Å²) in [6.07, 6.45) is 4.68. The van der Waals surface area contributed by atoms with Crippen LogP contribution >= 0.6 is 0 Å². The summed E-state index contributed by atoms with van der Waals surface area (Å²) >= 11 is 0. The van der Waals surface area contributed by atoms with Gasteiger partial charge in [0.25, 0.3) is 5.91 Å². The van der Waals surface area contributed by atoms with Gasteiger partial charge in [-0.1, -0.05) is 103 Å². The minimum atomic E-state index is -0.425. The molecule has 146 valence electrons. The molecule has 0 N–H and O–H groups in total. The SMILES string of the molecule is O=C1[C@H](OCc2ccccc2)[C@H](/C=C/Cc2ccccc2)N1Cc1ccccc1. The highest BCUT2D eigenvalue weighted by atomic mass is 16.5. The third kappa shape index (κ3) is 4.82. The van der Waals surface area contributed by atoms with Gasteiger partial charge in [-0.15, -0.1) is 0 Å². The van der Waals surface area contributed by atoms with Gasteiger partial charge in [-0.25, -0.2) is 0 Å². The van der Waals surface area contributed by atoms with Gasteiger partial charge in [-0.05, 0) is 23.1 Å². The van der Waals surface area contributed by atoms with Gasteiger partial charge in [0.15, 0.2) is 6.10 Å². The fourth-order valence-electron chi connectivity index (χ4n) is 3.59.